The predicted molar refractivity (Wildman–Crippen MR) is 14.2 cm³/mol. The monoisotopic (exact) mass is 140 g/mol. The van der Waals surface area contributed by atoms with Gasteiger partial charge in [-0.05, 0) is 0 Å². The van der Waals surface area contributed by atoms with E-state index in [1.165, 1.54) is 0 Å². The molecule has 40 valence electrons. The number of rotatable bonds is 0. The van der Waals surface area contributed by atoms with Gasteiger partial charge in [0, 0.05) is 0 Å². The minimum absolute atomic E-state index is 0. The molecule has 7 heavy (non-hydrogen) atoms. The van der Waals surface area contributed by atoms with Crippen LogP contribution in [0.3, 0.4) is 0 Å². The minimum atomic E-state index is -4.67. The summed E-state index contributed by atoms with van der Waals surface area (Å²) in [5.41, 5.74) is 0. The molecule has 4 nitrogen and oxygen atoms in total. The number of hydrogen-bond acceptors (Lipinski definition) is 2. The van der Waals surface area contributed by atoms with Gasteiger partial charge in [0.15, 0.2) is 0 Å². The van der Waals surface area contributed by atoms with Gasteiger partial charge in [-0.15, -0.1) is 0 Å². The van der Waals surface area contributed by atoms with Crippen LogP contribution in [0.5, 0.6) is 0 Å². The topological polar surface area (TPSA) is 74.6 Å². The Balaban J connectivity index is -0.0000000800. The zero-order valence-corrected chi connectivity index (χ0v) is 6.31. The zero-order valence-electron chi connectivity index (χ0n) is 3.50. The van der Waals surface area contributed by atoms with E-state index in [1.807, 2.05) is 0 Å². The van der Waals surface area contributed by atoms with Gasteiger partial charge in [0.05, 0.1) is 0 Å². The Morgan fingerprint density at radius 2 is 1.14 bits per heavy atom. The first-order chi connectivity index (χ1) is 2.00. The summed E-state index contributed by atoms with van der Waals surface area (Å²) in [6.07, 6.45) is 0. The smallest absolute Gasteiger partial charge is 1.00 e. The van der Waals surface area contributed by atoms with Gasteiger partial charge >= 0.3 is 40.0 Å². The predicted octanol–water partition coefficient (Wildman–Crippen LogP) is -6.64. The molecule has 0 aliphatic carbocycles. The quantitative estimate of drug-likeness (QED) is 0.259. The van der Waals surface area contributed by atoms with E-state index in [-0.39, 0.29) is 34.3 Å². The third kappa shape index (κ3) is 245. The first-order valence-corrected chi connectivity index (χ1v) is 2.10. The van der Waals surface area contributed by atoms with E-state index in [0.717, 1.165) is 0 Å². The fourth-order valence-electron chi connectivity index (χ4n) is 0. The van der Waals surface area contributed by atoms with Gasteiger partial charge < -0.3 is 4.70 Å². The molecule has 0 saturated carbocycles. The maximum atomic E-state index is 8.74. The fourth-order valence-corrected chi connectivity index (χ4v) is 0. The molecule has 0 aromatic rings. The summed E-state index contributed by atoms with van der Waals surface area (Å²) in [4.78, 5) is 0. The molecule has 0 aromatic carbocycles. The van der Waals surface area contributed by atoms with Crippen molar-refractivity contribution in [2.24, 2.45) is 0 Å². The third-order valence-corrected chi connectivity index (χ3v) is 0. The minimum Gasteiger partial charge on any atom is -1.00 e. The van der Waals surface area contributed by atoms with Gasteiger partial charge in [-0.3, -0.25) is 9.11 Å². The molecule has 0 spiro atoms. The summed E-state index contributed by atoms with van der Waals surface area (Å²) >= 11 is 0. The molecule has 0 amide bonds. The summed E-state index contributed by atoms with van der Waals surface area (Å²) in [6, 6.07) is 0. The molecule has 0 aromatic heterocycles. The molecule has 0 atom stereocenters. The molecule has 0 saturated heterocycles. The molecule has 0 radical (unpaired) electrons. The zero-order chi connectivity index (χ0) is 4.50. The maximum Gasteiger partial charge on any atom is 1.00 e. The summed E-state index contributed by atoms with van der Waals surface area (Å²) in [7, 11) is -4.67. The molecule has 0 rings (SSSR count). The van der Waals surface area contributed by atoms with Gasteiger partial charge in [0.2, 0.25) is 0 Å². The van der Waals surface area contributed by atoms with Crippen LogP contribution in [0.25, 0.3) is 0 Å². The van der Waals surface area contributed by atoms with Crippen LogP contribution >= 0.6 is 0 Å². The average molecular weight is 140 g/mol. The first-order valence-electron chi connectivity index (χ1n) is 0.698. The number of halogens is 1. The van der Waals surface area contributed by atoms with Gasteiger partial charge in [0.1, 0.15) is 0 Å². The van der Waals surface area contributed by atoms with Crippen LogP contribution in [-0.2, 0) is 10.4 Å². The van der Waals surface area contributed by atoms with Crippen LogP contribution in [0.15, 0.2) is 0 Å². The van der Waals surface area contributed by atoms with Gasteiger partial charge in [-0.2, -0.15) is 8.42 Å². The van der Waals surface area contributed by atoms with Crippen LogP contribution < -0.4 is 34.3 Å². The third-order valence-electron chi connectivity index (χ3n) is 0. The Bertz CT molecular complexity index is 94.9. The molecule has 0 aliphatic heterocycles. The van der Waals surface area contributed by atoms with Crippen molar-refractivity contribution in [3.05, 3.63) is 0 Å². The van der Waals surface area contributed by atoms with E-state index < -0.39 is 10.4 Å². The van der Waals surface area contributed by atoms with E-state index in [4.69, 9.17) is 17.5 Å². The standard InChI is InChI=1S/FH.Na.H2O4S/c;;1-5(2,3)4/h1H;;(H2,1,2,3,4)/q;+1;/p-1. The average Bonchev–Trinajstić information content (AvgIpc) is 0.722. The van der Waals surface area contributed by atoms with Crippen molar-refractivity contribution in [3.63, 3.8) is 0 Å². The van der Waals surface area contributed by atoms with E-state index in [2.05, 4.69) is 0 Å². The largest absolute Gasteiger partial charge is 1.00 e. The fraction of sp³-hybridized carbons (Fsp3) is 0. The molecular weight excluding hydrogens is 138 g/mol. The molecule has 0 aliphatic rings. The van der Waals surface area contributed by atoms with Crippen molar-refractivity contribution in [2.75, 3.05) is 0 Å². The van der Waals surface area contributed by atoms with E-state index in [1.54, 1.807) is 0 Å². The van der Waals surface area contributed by atoms with Gasteiger partial charge in [-0.25, -0.2) is 0 Å². The second kappa shape index (κ2) is 4.95. The second-order valence-corrected chi connectivity index (χ2v) is 1.34. The Morgan fingerprint density at radius 1 is 1.14 bits per heavy atom. The van der Waals surface area contributed by atoms with Gasteiger partial charge in [0.25, 0.3) is 0 Å². The summed E-state index contributed by atoms with van der Waals surface area (Å²) in [6.45, 7) is 0. The SMILES string of the molecule is O=S(=O)(O)O.[F-].[Na+]. The molecule has 0 fully saturated rings. The van der Waals surface area contributed by atoms with Crippen molar-refractivity contribution >= 4 is 10.4 Å². The van der Waals surface area contributed by atoms with Crippen LogP contribution in [-0.4, -0.2) is 17.5 Å². The van der Waals surface area contributed by atoms with Crippen molar-refractivity contribution in [1.82, 2.24) is 0 Å². The van der Waals surface area contributed by atoms with E-state index in [9.17, 15) is 0 Å². The maximum absolute atomic E-state index is 8.74. The Hall–Kier alpha value is 0.800. The number of hydrogen-bond donors (Lipinski definition) is 2. The molecule has 0 heterocycles. The Kier molecular flexibility index (Phi) is 11.1. The molecule has 0 bridgehead atoms. The molecule has 7 heteroatoms. The van der Waals surface area contributed by atoms with E-state index >= 15 is 0 Å². The Labute approximate surface area is 62.1 Å². The van der Waals surface area contributed by atoms with Crippen LogP contribution in [0.4, 0.5) is 0 Å². The van der Waals surface area contributed by atoms with Crippen LogP contribution in [0.1, 0.15) is 0 Å². The van der Waals surface area contributed by atoms with Crippen molar-refractivity contribution < 1.29 is 51.8 Å². The van der Waals surface area contributed by atoms with Crippen LogP contribution in [0, 0.1) is 0 Å². The normalized spacial score (nSPS) is 8.29. The second-order valence-electron chi connectivity index (χ2n) is 0.448. The van der Waals surface area contributed by atoms with Crippen molar-refractivity contribution in [1.29, 1.82) is 0 Å². The molecular formula is H2FNaO4S. The Morgan fingerprint density at radius 3 is 1.14 bits per heavy atom. The summed E-state index contributed by atoms with van der Waals surface area (Å²) in [5, 5.41) is 0. The van der Waals surface area contributed by atoms with Crippen LogP contribution in [0.2, 0.25) is 0 Å². The molecule has 2 N–H and O–H groups in total. The first kappa shape index (κ1) is 15.7. The molecule has 0 unspecified atom stereocenters. The van der Waals surface area contributed by atoms with E-state index in [0.29, 0.717) is 0 Å². The van der Waals surface area contributed by atoms with Crippen molar-refractivity contribution in [3.8, 4) is 0 Å². The summed E-state index contributed by atoms with van der Waals surface area (Å²) < 4.78 is 31.6. The van der Waals surface area contributed by atoms with Gasteiger partial charge in [-0.1, -0.05) is 0 Å². The summed E-state index contributed by atoms with van der Waals surface area (Å²) in [5.74, 6) is 0. The van der Waals surface area contributed by atoms with Crippen molar-refractivity contribution in [2.45, 2.75) is 0 Å².